The Bertz CT molecular complexity index is 536. The first-order valence-electron chi connectivity index (χ1n) is 18.6. The van der Waals surface area contributed by atoms with Gasteiger partial charge in [0.25, 0.3) is 0 Å². The van der Waals surface area contributed by atoms with Crippen LogP contribution in [-0.2, 0) is 14.3 Å². The molecular weight excluding hydrogens is 506 g/mol. The second-order valence-electron chi connectivity index (χ2n) is 12.6. The van der Waals surface area contributed by atoms with Gasteiger partial charge in [0.2, 0.25) is 5.91 Å². The average Bonchev–Trinajstić information content (AvgIpc) is 2.97. The Morgan fingerprint density at radius 1 is 0.415 bits per heavy atom. The molecule has 0 bridgehead atoms. The molecule has 0 heterocycles. The van der Waals surface area contributed by atoms with Crippen molar-refractivity contribution >= 4 is 11.9 Å². The zero-order chi connectivity index (χ0) is 29.9. The van der Waals surface area contributed by atoms with E-state index >= 15 is 0 Å². The molecule has 4 nitrogen and oxygen atoms in total. The minimum absolute atomic E-state index is 0.0859. The Balaban J connectivity index is 3.26. The lowest BCUT2D eigenvalue weighted by molar-refractivity contribution is -0.143. The van der Waals surface area contributed by atoms with Gasteiger partial charge in [0.05, 0.1) is 6.61 Å². The number of carbonyl (C=O) groups is 2. The fourth-order valence-electron chi connectivity index (χ4n) is 5.59. The molecule has 0 aliphatic rings. The summed E-state index contributed by atoms with van der Waals surface area (Å²) in [6.07, 6.45) is 39.0. The van der Waals surface area contributed by atoms with E-state index < -0.39 is 0 Å². The number of ether oxygens (including phenoxy) is 1. The quantitative estimate of drug-likeness (QED) is 0.0609. The van der Waals surface area contributed by atoms with Gasteiger partial charge in [-0.2, -0.15) is 0 Å². The predicted molar refractivity (Wildman–Crippen MR) is 178 cm³/mol. The number of nitrogens with one attached hydrogen (secondary N) is 1. The minimum Gasteiger partial charge on any atom is -0.466 e. The van der Waals surface area contributed by atoms with E-state index in [4.69, 9.17) is 4.74 Å². The van der Waals surface area contributed by atoms with E-state index in [9.17, 15) is 9.59 Å². The van der Waals surface area contributed by atoms with E-state index in [0.717, 1.165) is 25.7 Å². The Hall–Kier alpha value is -1.06. The van der Waals surface area contributed by atoms with Crippen LogP contribution in [0.1, 0.15) is 213 Å². The minimum atomic E-state index is -0.0859. The fourth-order valence-corrected chi connectivity index (χ4v) is 5.59. The Morgan fingerprint density at radius 2 is 0.732 bits per heavy atom. The normalized spacial score (nSPS) is 11.2. The molecule has 1 N–H and O–H groups in total. The summed E-state index contributed by atoms with van der Waals surface area (Å²) < 4.78 is 5.33. The highest BCUT2D eigenvalue weighted by molar-refractivity contribution is 5.75. The van der Waals surface area contributed by atoms with Gasteiger partial charge in [0.1, 0.15) is 0 Å². The summed E-state index contributed by atoms with van der Waals surface area (Å²) in [4.78, 5) is 23.9. The van der Waals surface area contributed by atoms with Crippen molar-refractivity contribution < 1.29 is 14.3 Å². The fraction of sp³-hybridized carbons (Fsp3) is 0.946. The lowest BCUT2D eigenvalue weighted by Gasteiger charge is -2.07. The van der Waals surface area contributed by atoms with Crippen molar-refractivity contribution in [2.24, 2.45) is 0 Å². The lowest BCUT2D eigenvalue weighted by Crippen LogP contribution is -2.25. The molecule has 0 spiro atoms. The first kappa shape index (κ1) is 39.9. The maximum atomic E-state index is 12.0. The van der Waals surface area contributed by atoms with Crippen molar-refractivity contribution in [2.75, 3.05) is 13.2 Å². The second kappa shape index (κ2) is 35.1. The van der Waals surface area contributed by atoms with E-state index in [0.29, 0.717) is 32.4 Å². The van der Waals surface area contributed by atoms with E-state index in [1.165, 1.54) is 154 Å². The Labute approximate surface area is 257 Å². The van der Waals surface area contributed by atoms with Crippen LogP contribution in [0.25, 0.3) is 0 Å². The largest absolute Gasteiger partial charge is 0.466 e. The topological polar surface area (TPSA) is 55.4 Å². The molecule has 4 heteroatoms. The number of carbonyl (C=O) groups excluding carboxylic acids is 2. The smallest absolute Gasteiger partial charge is 0.305 e. The number of rotatable bonds is 34. The van der Waals surface area contributed by atoms with Gasteiger partial charge in [0, 0.05) is 19.4 Å². The van der Waals surface area contributed by atoms with Crippen molar-refractivity contribution in [1.82, 2.24) is 5.32 Å². The van der Waals surface area contributed by atoms with Crippen LogP contribution in [-0.4, -0.2) is 25.0 Å². The van der Waals surface area contributed by atoms with Crippen molar-refractivity contribution in [3.05, 3.63) is 0 Å². The van der Waals surface area contributed by atoms with Crippen LogP contribution < -0.4 is 5.32 Å². The molecule has 0 aliphatic heterocycles. The number of hydrogen-bond acceptors (Lipinski definition) is 3. The summed E-state index contributed by atoms with van der Waals surface area (Å²) in [5, 5.41) is 2.97. The molecule has 0 unspecified atom stereocenters. The van der Waals surface area contributed by atoms with Crippen molar-refractivity contribution in [3.63, 3.8) is 0 Å². The average molecular weight is 580 g/mol. The molecule has 0 aliphatic carbocycles. The van der Waals surface area contributed by atoms with Gasteiger partial charge >= 0.3 is 5.97 Å². The number of unbranched alkanes of at least 4 members (excludes halogenated alkanes) is 26. The maximum Gasteiger partial charge on any atom is 0.305 e. The molecule has 0 aromatic heterocycles. The van der Waals surface area contributed by atoms with Gasteiger partial charge < -0.3 is 10.1 Å². The zero-order valence-corrected chi connectivity index (χ0v) is 28.1. The van der Waals surface area contributed by atoms with Crippen molar-refractivity contribution in [1.29, 1.82) is 0 Å². The summed E-state index contributed by atoms with van der Waals surface area (Å²) in [6.45, 7) is 5.57. The van der Waals surface area contributed by atoms with Gasteiger partial charge in [-0.05, 0) is 19.3 Å². The summed E-state index contributed by atoms with van der Waals surface area (Å²) in [6, 6.07) is 0. The monoisotopic (exact) mass is 580 g/mol. The first-order valence-corrected chi connectivity index (χ1v) is 18.6. The summed E-state index contributed by atoms with van der Waals surface area (Å²) in [5.74, 6) is 0.0511. The predicted octanol–water partition coefficient (Wildman–Crippen LogP) is 11.8. The number of hydrogen-bond donors (Lipinski definition) is 1. The molecule has 0 radical (unpaired) electrons. The molecule has 0 atom stereocenters. The molecule has 0 fully saturated rings. The lowest BCUT2D eigenvalue weighted by atomic mass is 10.0. The molecule has 1 amide bonds. The van der Waals surface area contributed by atoms with E-state index in [1.807, 2.05) is 0 Å². The van der Waals surface area contributed by atoms with Gasteiger partial charge in [0.15, 0.2) is 0 Å². The molecule has 0 saturated heterocycles. The highest BCUT2D eigenvalue weighted by Crippen LogP contribution is 2.15. The van der Waals surface area contributed by atoms with Crippen LogP contribution in [0, 0.1) is 0 Å². The van der Waals surface area contributed by atoms with Crippen molar-refractivity contribution in [3.8, 4) is 0 Å². The summed E-state index contributed by atoms with van der Waals surface area (Å²) >= 11 is 0. The molecule has 0 rings (SSSR count). The van der Waals surface area contributed by atoms with Crippen LogP contribution in [0.3, 0.4) is 0 Å². The summed E-state index contributed by atoms with van der Waals surface area (Å²) in [7, 11) is 0. The highest BCUT2D eigenvalue weighted by atomic mass is 16.5. The highest BCUT2D eigenvalue weighted by Gasteiger charge is 2.04. The van der Waals surface area contributed by atoms with Gasteiger partial charge in [-0.25, -0.2) is 0 Å². The standard InChI is InChI=1S/C37H73NO3/c1-3-5-7-9-11-13-15-17-18-20-21-23-25-27-29-32-36(39)38-34-31-35-41-37(40)33-30-28-26-24-22-19-16-14-12-10-8-6-4-2/h3-35H2,1-2H3,(H,38,39). The van der Waals surface area contributed by atoms with E-state index in [1.54, 1.807) is 0 Å². The van der Waals surface area contributed by atoms with Crippen molar-refractivity contribution in [2.45, 2.75) is 213 Å². The molecule has 41 heavy (non-hydrogen) atoms. The first-order chi connectivity index (χ1) is 20.2. The van der Waals surface area contributed by atoms with E-state index in [-0.39, 0.29) is 11.9 Å². The van der Waals surface area contributed by atoms with Crippen LogP contribution >= 0.6 is 0 Å². The maximum absolute atomic E-state index is 12.0. The third-order valence-electron chi connectivity index (χ3n) is 8.40. The van der Waals surface area contributed by atoms with Crippen LogP contribution in [0.5, 0.6) is 0 Å². The third-order valence-corrected chi connectivity index (χ3v) is 8.40. The second-order valence-corrected chi connectivity index (χ2v) is 12.6. The van der Waals surface area contributed by atoms with Crippen LogP contribution in [0.15, 0.2) is 0 Å². The Morgan fingerprint density at radius 3 is 1.10 bits per heavy atom. The SMILES string of the molecule is CCCCCCCCCCCCCCCCCC(=O)NCCCOC(=O)CCCCCCCCCCCCCCC. The molecule has 0 aromatic rings. The van der Waals surface area contributed by atoms with Gasteiger partial charge in [-0.3, -0.25) is 9.59 Å². The summed E-state index contributed by atoms with van der Waals surface area (Å²) in [5.41, 5.74) is 0. The third kappa shape index (κ3) is 35.0. The number of esters is 1. The zero-order valence-electron chi connectivity index (χ0n) is 28.1. The Kier molecular flexibility index (Phi) is 34.2. The molecular formula is C37H73NO3. The van der Waals surface area contributed by atoms with Crippen LogP contribution in [0.2, 0.25) is 0 Å². The van der Waals surface area contributed by atoms with Gasteiger partial charge in [-0.15, -0.1) is 0 Å². The molecule has 0 saturated carbocycles. The number of amides is 1. The molecule has 0 aromatic carbocycles. The van der Waals surface area contributed by atoms with E-state index in [2.05, 4.69) is 19.2 Å². The van der Waals surface area contributed by atoms with Gasteiger partial charge in [-0.1, -0.05) is 181 Å². The molecule has 244 valence electrons. The van der Waals surface area contributed by atoms with Crippen LogP contribution in [0.4, 0.5) is 0 Å².